The van der Waals surface area contributed by atoms with E-state index in [0.717, 1.165) is 18.1 Å². The van der Waals surface area contributed by atoms with E-state index in [1.54, 1.807) is 0 Å². The molecule has 1 heterocycles. The molecule has 0 bridgehead atoms. The summed E-state index contributed by atoms with van der Waals surface area (Å²) in [7, 11) is 1.97. The Hall–Kier alpha value is -0.800. The van der Waals surface area contributed by atoms with E-state index in [1.807, 2.05) is 26.1 Å². The zero-order chi connectivity index (χ0) is 10.2. The summed E-state index contributed by atoms with van der Waals surface area (Å²) in [6.45, 7) is 2.93. The van der Waals surface area contributed by atoms with Gasteiger partial charge in [0, 0.05) is 12.0 Å². The second-order valence-corrected chi connectivity index (χ2v) is 4.32. The van der Waals surface area contributed by atoms with Crippen molar-refractivity contribution >= 4 is 0 Å². The Kier molecular flexibility index (Phi) is 2.37. The molecular formula is C11H18N2O. The number of aryl methyl sites for hydroxylation is 1. The Morgan fingerprint density at radius 1 is 1.57 bits per heavy atom. The van der Waals surface area contributed by atoms with Gasteiger partial charge < -0.3 is 15.5 Å². The Morgan fingerprint density at radius 3 is 2.71 bits per heavy atom. The van der Waals surface area contributed by atoms with Crippen molar-refractivity contribution < 1.29 is 4.42 Å². The minimum absolute atomic E-state index is 0.0450. The highest BCUT2D eigenvalue weighted by Crippen LogP contribution is 2.53. The lowest BCUT2D eigenvalue weighted by Gasteiger charge is -2.20. The Balaban J connectivity index is 2.11. The van der Waals surface area contributed by atoms with E-state index in [-0.39, 0.29) is 11.5 Å². The van der Waals surface area contributed by atoms with Crippen LogP contribution in [0.3, 0.4) is 0 Å². The number of furan rings is 1. The Bertz CT molecular complexity index is 315. The first-order valence-electron chi connectivity index (χ1n) is 5.14. The van der Waals surface area contributed by atoms with Crippen LogP contribution >= 0.6 is 0 Å². The van der Waals surface area contributed by atoms with E-state index >= 15 is 0 Å². The molecule has 0 saturated heterocycles. The van der Waals surface area contributed by atoms with Crippen LogP contribution in [0.4, 0.5) is 0 Å². The van der Waals surface area contributed by atoms with Gasteiger partial charge in [0.1, 0.15) is 11.5 Å². The van der Waals surface area contributed by atoms with Gasteiger partial charge in [0.2, 0.25) is 0 Å². The standard InChI is InChI=1S/C11H18N2O/c1-8-3-4-9(14-8)10(12)11(5-6-11)7-13-2/h3-4,10,13H,5-7,12H2,1-2H3. The molecule has 3 heteroatoms. The van der Waals surface area contributed by atoms with Crippen molar-refractivity contribution in [1.29, 1.82) is 0 Å². The number of hydrogen-bond donors (Lipinski definition) is 2. The molecule has 1 aliphatic carbocycles. The normalized spacial score (nSPS) is 20.8. The van der Waals surface area contributed by atoms with Crippen molar-refractivity contribution in [2.45, 2.75) is 25.8 Å². The molecule has 1 fully saturated rings. The lowest BCUT2D eigenvalue weighted by Crippen LogP contribution is -2.31. The fourth-order valence-corrected chi connectivity index (χ4v) is 2.03. The van der Waals surface area contributed by atoms with Gasteiger partial charge in [0.25, 0.3) is 0 Å². The van der Waals surface area contributed by atoms with Gasteiger partial charge in [-0.15, -0.1) is 0 Å². The van der Waals surface area contributed by atoms with Crippen LogP contribution in [0, 0.1) is 12.3 Å². The second-order valence-electron chi connectivity index (χ2n) is 4.32. The lowest BCUT2D eigenvalue weighted by molar-refractivity contribution is 0.331. The van der Waals surface area contributed by atoms with Gasteiger partial charge in [-0.05, 0) is 38.9 Å². The average molecular weight is 194 g/mol. The predicted molar refractivity (Wildman–Crippen MR) is 56.0 cm³/mol. The van der Waals surface area contributed by atoms with Crippen LogP contribution in [0.1, 0.15) is 30.4 Å². The Morgan fingerprint density at radius 2 is 2.29 bits per heavy atom. The zero-order valence-corrected chi connectivity index (χ0v) is 8.84. The zero-order valence-electron chi connectivity index (χ0n) is 8.84. The third-order valence-corrected chi connectivity index (χ3v) is 3.15. The summed E-state index contributed by atoms with van der Waals surface area (Å²) in [5.41, 5.74) is 6.45. The van der Waals surface area contributed by atoms with E-state index in [2.05, 4.69) is 5.32 Å². The highest BCUT2D eigenvalue weighted by Gasteiger charge is 2.48. The van der Waals surface area contributed by atoms with Crippen LogP contribution in [0.25, 0.3) is 0 Å². The summed E-state index contributed by atoms with van der Waals surface area (Å²) in [5.74, 6) is 1.87. The van der Waals surface area contributed by atoms with Crippen molar-refractivity contribution in [1.82, 2.24) is 5.32 Å². The first-order chi connectivity index (χ1) is 6.68. The second kappa shape index (κ2) is 3.41. The van der Waals surface area contributed by atoms with Gasteiger partial charge in [-0.2, -0.15) is 0 Å². The largest absolute Gasteiger partial charge is 0.465 e. The molecule has 0 radical (unpaired) electrons. The molecule has 2 rings (SSSR count). The maximum atomic E-state index is 6.20. The summed E-state index contributed by atoms with van der Waals surface area (Å²) < 4.78 is 5.57. The van der Waals surface area contributed by atoms with Crippen molar-refractivity contribution in [3.05, 3.63) is 23.7 Å². The van der Waals surface area contributed by atoms with E-state index in [4.69, 9.17) is 10.2 Å². The van der Waals surface area contributed by atoms with Gasteiger partial charge in [0.05, 0.1) is 6.04 Å². The van der Waals surface area contributed by atoms with Crippen LogP contribution in [0.2, 0.25) is 0 Å². The third-order valence-electron chi connectivity index (χ3n) is 3.15. The quantitative estimate of drug-likeness (QED) is 0.765. The van der Waals surface area contributed by atoms with Crippen LogP contribution in [-0.2, 0) is 0 Å². The van der Waals surface area contributed by atoms with Crippen molar-refractivity contribution in [2.75, 3.05) is 13.6 Å². The number of hydrogen-bond acceptors (Lipinski definition) is 3. The first-order valence-corrected chi connectivity index (χ1v) is 5.14. The van der Waals surface area contributed by atoms with Crippen molar-refractivity contribution in [3.63, 3.8) is 0 Å². The lowest BCUT2D eigenvalue weighted by atomic mass is 9.95. The van der Waals surface area contributed by atoms with E-state index in [1.165, 1.54) is 12.8 Å². The van der Waals surface area contributed by atoms with Crippen molar-refractivity contribution in [3.8, 4) is 0 Å². The molecule has 1 unspecified atom stereocenters. The third kappa shape index (κ3) is 1.57. The minimum atomic E-state index is 0.0450. The fraction of sp³-hybridized carbons (Fsp3) is 0.636. The maximum absolute atomic E-state index is 6.20. The summed E-state index contributed by atoms with van der Waals surface area (Å²) in [4.78, 5) is 0. The highest BCUT2D eigenvalue weighted by molar-refractivity contribution is 5.16. The van der Waals surface area contributed by atoms with Gasteiger partial charge in [-0.3, -0.25) is 0 Å². The predicted octanol–water partition coefficient (Wildman–Crippen LogP) is 1.59. The molecule has 0 spiro atoms. The molecule has 14 heavy (non-hydrogen) atoms. The monoisotopic (exact) mass is 194 g/mol. The topological polar surface area (TPSA) is 51.2 Å². The van der Waals surface area contributed by atoms with Crippen LogP contribution in [-0.4, -0.2) is 13.6 Å². The molecule has 1 aromatic rings. The van der Waals surface area contributed by atoms with Crippen molar-refractivity contribution in [2.24, 2.45) is 11.1 Å². The van der Waals surface area contributed by atoms with E-state index in [0.29, 0.717) is 0 Å². The van der Waals surface area contributed by atoms with Gasteiger partial charge in [-0.25, -0.2) is 0 Å². The van der Waals surface area contributed by atoms with E-state index in [9.17, 15) is 0 Å². The van der Waals surface area contributed by atoms with E-state index < -0.39 is 0 Å². The molecule has 1 aromatic heterocycles. The molecule has 78 valence electrons. The number of rotatable bonds is 4. The molecule has 1 atom stereocenters. The summed E-state index contributed by atoms with van der Waals surface area (Å²) in [6, 6.07) is 4.02. The first kappa shape index (κ1) is 9.74. The summed E-state index contributed by atoms with van der Waals surface area (Å²) in [5, 5.41) is 3.21. The molecular weight excluding hydrogens is 176 g/mol. The average Bonchev–Trinajstić information content (AvgIpc) is 2.81. The molecule has 0 aliphatic heterocycles. The summed E-state index contributed by atoms with van der Waals surface area (Å²) in [6.07, 6.45) is 2.41. The smallest absolute Gasteiger partial charge is 0.121 e. The molecule has 3 N–H and O–H groups in total. The molecule has 0 amide bonds. The number of nitrogens with one attached hydrogen (secondary N) is 1. The maximum Gasteiger partial charge on any atom is 0.121 e. The Labute approximate surface area is 84.7 Å². The van der Waals surface area contributed by atoms with Gasteiger partial charge in [0.15, 0.2) is 0 Å². The number of nitrogens with two attached hydrogens (primary N) is 1. The molecule has 1 saturated carbocycles. The van der Waals surface area contributed by atoms with Gasteiger partial charge >= 0.3 is 0 Å². The summed E-state index contributed by atoms with van der Waals surface area (Å²) >= 11 is 0. The molecule has 0 aromatic carbocycles. The fourth-order valence-electron chi connectivity index (χ4n) is 2.03. The highest BCUT2D eigenvalue weighted by atomic mass is 16.3. The minimum Gasteiger partial charge on any atom is -0.465 e. The van der Waals surface area contributed by atoms with Gasteiger partial charge in [-0.1, -0.05) is 0 Å². The van der Waals surface area contributed by atoms with Crippen LogP contribution < -0.4 is 11.1 Å². The SMILES string of the molecule is CNCC1(C(N)c2ccc(C)o2)CC1. The molecule has 1 aliphatic rings. The molecule has 3 nitrogen and oxygen atoms in total. The van der Waals surface area contributed by atoms with Crippen LogP contribution in [0.5, 0.6) is 0 Å². The van der Waals surface area contributed by atoms with Crippen LogP contribution in [0.15, 0.2) is 16.5 Å².